The molecule has 0 saturated carbocycles. The number of Topliss-reactive ketones (excluding diaryl/α,β-unsaturated/α-hetero) is 1. The van der Waals surface area contributed by atoms with Crippen LogP contribution in [0, 0.1) is 0 Å². The van der Waals surface area contributed by atoms with Crippen LogP contribution in [0.1, 0.15) is 12.8 Å². The van der Waals surface area contributed by atoms with Gasteiger partial charge in [0.1, 0.15) is 5.78 Å². The van der Waals surface area contributed by atoms with E-state index < -0.39 is 12.6 Å². The lowest BCUT2D eigenvalue weighted by molar-refractivity contribution is -0.141. The second-order valence-corrected chi connectivity index (χ2v) is 2.33. The largest absolute Gasteiger partial charge is 0.368 e. The highest BCUT2D eigenvalue weighted by atomic mass is 16.6. The highest BCUT2D eigenvalue weighted by Gasteiger charge is 2.13. The zero-order chi connectivity index (χ0) is 9.56. The van der Waals surface area contributed by atoms with Gasteiger partial charge >= 0.3 is 0 Å². The molecule has 2 atom stereocenters. The van der Waals surface area contributed by atoms with Crippen molar-refractivity contribution in [3.05, 3.63) is 0 Å². The molecule has 2 unspecified atom stereocenters. The maximum Gasteiger partial charge on any atom is 0.161 e. The van der Waals surface area contributed by atoms with Crippen LogP contribution in [-0.2, 0) is 14.3 Å². The van der Waals surface area contributed by atoms with Crippen LogP contribution < -0.4 is 0 Å². The molecule has 2 N–H and O–H groups in total. The minimum absolute atomic E-state index is 0.128. The zero-order valence-electron chi connectivity index (χ0n) is 7.19. The van der Waals surface area contributed by atoms with Crippen molar-refractivity contribution in [2.75, 3.05) is 14.2 Å². The molecule has 0 heterocycles. The minimum atomic E-state index is -1.10. The topological polar surface area (TPSA) is 76.0 Å². The maximum atomic E-state index is 10.9. The van der Waals surface area contributed by atoms with Gasteiger partial charge in [-0.1, -0.05) is 0 Å². The second kappa shape index (κ2) is 6.07. The summed E-state index contributed by atoms with van der Waals surface area (Å²) in [5.41, 5.74) is 0. The molecular weight excluding hydrogens is 164 g/mol. The van der Waals surface area contributed by atoms with Gasteiger partial charge in [-0.25, -0.2) is 0 Å². The Balaban J connectivity index is 3.59. The third-order valence-corrected chi connectivity index (χ3v) is 1.35. The number of carbonyl (C=O) groups is 1. The first-order valence-corrected chi connectivity index (χ1v) is 3.53. The second-order valence-electron chi connectivity index (χ2n) is 2.33. The van der Waals surface area contributed by atoms with Gasteiger partial charge in [0, 0.05) is 14.2 Å². The Labute approximate surface area is 70.9 Å². The van der Waals surface area contributed by atoms with Gasteiger partial charge < -0.3 is 19.7 Å². The van der Waals surface area contributed by atoms with E-state index in [0.29, 0.717) is 0 Å². The molecule has 0 spiro atoms. The van der Waals surface area contributed by atoms with E-state index in [4.69, 9.17) is 10.2 Å². The summed E-state index contributed by atoms with van der Waals surface area (Å²) >= 11 is 0. The summed E-state index contributed by atoms with van der Waals surface area (Å²) in [5, 5.41) is 17.7. The maximum absolute atomic E-state index is 10.9. The van der Waals surface area contributed by atoms with E-state index in [1.54, 1.807) is 0 Å². The first-order valence-electron chi connectivity index (χ1n) is 3.53. The van der Waals surface area contributed by atoms with Crippen LogP contribution in [0.25, 0.3) is 0 Å². The molecule has 0 fully saturated rings. The number of ether oxygens (including phenoxy) is 2. The average Bonchev–Trinajstić information content (AvgIpc) is 2.03. The summed E-state index contributed by atoms with van der Waals surface area (Å²) in [5.74, 6) is -0.307. The number of hydrogen-bond donors (Lipinski definition) is 2. The van der Waals surface area contributed by atoms with Crippen molar-refractivity contribution < 1.29 is 24.5 Å². The third kappa shape index (κ3) is 5.20. The number of rotatable bonds is 6. The van der Waals surface area contributed by atoms with Gasteiger partial charge in [0.15, 0.2) is 12.6 Å². The van der Waals surface area contributed by atoms with Crippen molar-refractivity contribution in [2.24, 2.45) is 0 Å². The highest BCUT2D eigenvalue weighted by Crippen LogP contribution is 2.00. The van der Waals surface area contributed by atoms with Crippen molar-refractivity contribution >= 4 is 5.78 Å². The van der Waals surface area contributed by atoms with Crippen molar-refractivity contribution in [1.82, 2.24) is 0 Å². The number of aliphatic hydroxyl groups excluding tert-OH is 2. The fourth-order valence-corrected chi connectivity index (χ4v) is 0.640. The standard InChI is InChI=1S/C7H14O5/c1-11-6(9)3-5(8)4-7(10)12-2/h6-7,9-10H,3-4H2,1-2H3. The fraction of sp³-hybridized carbons (Fsp3) is 0.857. The molecule has 0 aliphatic carbocycles. The van der Waals surface area contributed by atoms with Gasteiger partial charge in [0.2, 0.25) is 0 Å². The Bertz CT molecular complexity index is 122. The summed E-state index contributed by atoms with van der Waals surface area (Å²) in [7, 11) is 2.59. The Morgan fingerprint density at radius 3 is 1.75 bits per heavy atom. The van der Waals surface area contributed by atoms with Gasteiger partial charge in [0.05, 0.1) is 12.8 Å². The lowest BCUT2D eigenvalue weighted by Gasteiger charge is -2.09. The molecular formula is C7H14O5. The molecule has 0 rings (SSSR count). The molecule has 0 amide bonds. The molecule has 0 radical (unpaired) electrons. The van der Waals surface area contributed by atoms with Crippen LogP contribution in [0.15, 0.2) is 0 Å². The predicted octanol–water partition coefficient (Wildman–Crippen LogP) is -0.735. The van der Waals surface area contributed by atoms with Crippen LogP contribution in [-0.4, -0.2) is 42.8 Å². The first-order chi connectivity index (χ1) is 5.60. The normalized spacial score (nSPS) is 15.7. The van der Waals surface area contributed by atoms with E-state index in [2.05, 4.69) is 9.47 Å². The molecule has 0 aliphatic heterocycles. The van der Waals surface area contributed by atoms with Gasteiger partial charge in [0.25, 0.3) is 0 Å². The quantitative estimate of drug-likeness (QED) is 0.524. The molecule has 0 aromatic rings. The van der Waals surface area contributed by atoms with Crippen LogP contribution in [0.4, 0.5) is 0 Å². The smallest absolute Gasteiger partial charge is 0.161 e. The lowest BCUT2D eigenvalue weighted by Crippen LogP contribution is -2.20. The van der Waals surface area contributed by atoms with Crippen LogP contribution in [0.3, 0.4) is 0 Å². The van der Waals surface area contributed by atoms with E-state index in [-0.39, 0.29) is 18.6 Å². The van der Waals surface area contributed by atoms with Gasteiger partial charge in [-0.2, -0.15) is 0 Å². The average molecular weight is 178 g/mol. The number of hydrogen-bond acceptors (Lipinski definition) is 5. The lowest BCUT2D eigenvalue weighted by atomic mass is 10.2. The molecule has 0 aliphatic rings. The highest BCUT2D eigenvalue weighted by molar-refractivity contribution is 5.78. The first kappa shape index (κ1) is 11.5. The number of carbonyl (C=O) groups excluding carboxylic acids is 1. The van der Waals surface area contributed by atoms with Crippen LogP contribution >= 0.6 is 0 Å². The molecule has 12 heavy (non-hydrogen) atoms. The number of aliphatic hydroxyl groups is 2. The van der Waals surface area contributed by atoms with Crippen molar-refractivity contribution in [1.29, 1.82) is 0 Å². The Kier molecular flexibility index (Phi) is 5.83. The summed E-state index contributed by atoms with van der Waals surface area (Å²) in [6.07, 6.45) is -2.45. The zero-order valence-corrected chi connectivity index (χ0v) is 7.19. The summed E-state index contributed by atoms with van der Waals surface area (Å²) in [4.78, 5) is 10.9. The van der Waals surface area contributed by atoms with Crippen LogP contribution in [0.2, 0.25) is 0 Å². The van der Waals surface area contributed by atoms with E-state index in [1.807, 2.05) is 0 Å². The van der Waals surface area contributed by atoms with Crippen LogP contribution in [0.5, 0.6) is 0 Å². The molecule has 5 heteroatoms. The molecule has 0 saturated heterocycles. The molecule has 0 aromatic heterocycles. The van der Waals surface area contributed by atoms with Gasteiger partial charge in [-0.05, 0) is 0 Å². The minimum Gasteiger partial charge on any atom is -0.368 e. The van der Waals surface area contributed by atoms with E-state index >= 15 is 0 Å². The van der Waals surface area contributed by atoms with Gasteiger partial charge in [-0.15, -0.1) is 0 Å². The van der Waals surface area contributed by atoms with Crippen molar-refractivity contribution in [2.45, 2.75) is 25.4 Å². The predicted molar refractivity (Wildman–Crippen MR) is 40.3 cm³/mol. The summed E-state index contributed by atoms with van der Waals surface area (Å²) < 4.78 is 8.90. The molecule has 72 valence electrons. The summed E-state index contributed by atoms with van der Waals surface area (Å²) in [6, 6.07) is 0. The van der Waals surface area contributed by atoms with Gasteiger partial charge in [-0.3, -0.25) is 4.79 Å². The number of ketones is 1. The molecule has 0 bridgehead atoms. The Morgan fingerprint density at radius 2 is 1.50 bits per heavy atom. The SMILES string of the molecule is COC(O)CC(=O)CC(O)OC. The Hall–Kier alpha value is -0.490. The van der Waals surface area contributed by atoms with Crippen molar-refractivity contribution in [3.63, 3.8) is 0 Å². The van der Waals surface area contributed by atoms with Crippen molar-refractivity contribution in [3.8, 4) is 0 Å². The van der Waals surface area contributed by atoms with E-state index in [1.165, 1.54) is 14.2 Å². The monoisotopic (exact) mass is 178 g/mol. The van der Waals surface area contributed by atoms with E-state index in [0.717, 1.165) is 0 Å². The Morgan fingerprint density at radius 1 is 1.17 bits per heavy atom. The number of methoxy groups -OCH3 is 2. The summed E-state index contributed by atoms with van der Waals surface area (Å²) in [6.45, 7) is 0. The van der Waals surface area contributed by atoms with E-state index in [9.17, 15) is 4.79 Å². The third-order valence-electron chi connectivity index (χ3n) is 1.35. The molecule has 5 nitrogen and oxygen atoms in total. The molecule has 0 aromatic carbocycles. The fourth-order valence-electron chi connectivity index (χ4n) is 0.640.